The summed E-state index contributed by atoms with van der Waals surface area (Å²) < 4.78 is 15.3. The molecule has 29 heavy (non-hydrogen) atoms. The van der Waals surface area contributed by atoms with Crippen molar-refractivity contribution in [1.29, 1.82) is 0 Å². The van der Waals surface area contributed by atoms with Crippen LogP contribution < -0.4 is 16.0 Å². The molecule has 1 aromatic carbocycles. The number of aromatic nitrogens is 1. The number of nitrogens with zero attached hydrogens (tertiary/aromatic N) is 1. The number of hydrogen-bond acceptors (Lipinski definition) is 4. The summed E-state index contributed by atoms with van der Waals surface area (Å²) in [6.45, 7) is 5.49. The number of carbonyl (C=O) groups excluding carboxylic acids is 2. The van der Waals surface area contributed by atoms with Crippen LogP contribution in [-0.2, 0) is 16.1 Å². The first-order chi connectivity index (χ1) is 13.8. The zero-order chi connectivity index (χ0) is 21.1. The van der Waals surface area contributed by atoms with Gasteiger partial charge in [-0.05, 0) is 24.1 Å². The van der Waals surface area contributed by atoms with Crippen LogP contribution in [0.3, 0.4) is 0 Å². The van der Waals surface area contributed by atoms with Gasteiger partial charge in [0.15, 0.2) is 0 Å². The maximum atomic E-state index is 15.3. The molecule has 0 spiro atoms. The summed E-state index contributed by atoms with van der Waals surface area (Å²) in [4.78, 5) is 28.3. The Hall–Kier alpha value is -2.51. The summed E-state index contributed by atoms with van der Waals surface area (Å²) in [6, 6.07) is 4.73. The normalized spacial score (nSPS) is 19.2. The van der Waals surface area contributed by atoms with Gasteiger partial charge in [-0.15, -0.1) is 0 Å². The second-order valence-corrected chi connectivity index (χ2v) is 7.93. The molecule has 1 aromatic heterocycles. The summed E-state index contributed by atoms with van der Waals surface area (Å²) >= 11 is 6.28. The summed E-state index contributed by atoms with van der Waals surface area (Å²) in [5.41, 5.74) is 2.27. The molecule has 6 nitrogen and oxygen atoms in total. The fraction of sp³-hybridized carbons (Fsp3) is 0.381. The van der Waals surface area contributed by atoms with Crippen LogP contribution >= 0.6 is 11.6 Å². The van der Waals surface area contributed by atoms with Gasteiger partial charge < -0.3 is 10.6 Å². The molecule has 0 bridgehead atoms. The Labute approximate surface area is 174 Å². The lowest BCUT2D eigenvalue weighted by molar-refractivity contribution is -0.125. The molecule has 0 saturated carbocycles. The molecule has 8 heteroatoms. The number of halogens is 2. The Bertz CT molecular complexity index is 935. The van der Waals surface area contributed by atoms with Gasteiger partial charge in [-0.1, -0.05) is 37.6 Å². The van der Waals surface area contributed by atoms with Gasteiger partial charge in [-0.25, -0.2) is 4.39 Å². The number of amides is 2. The second-order valence-electron chi connectivity index (χ2n) is 7.53. The summed E-state index contributed by atoms with van der Waals surface area (Å²) in [5.74, 6) is -1.14. The Morgan fingerprint density at radius 1 is 1.38 bits per heavy atom. The van der Waals surface area contributed by atoms with Gasteiger partial charge in [0.1, 0.15) is 12.0 Å². The van der Waals surface area contributed by atoms with Crippen LogP contribution in [0.25, 0.3) is 0 Å². The third-order valence-electron chi connectivity index (χ3n) is 4.83. The highest BCUT2D eigenvalue weighted by Gasteiger charge is 2.31. The van der Waals surface area contributed by atoms with Gasteiger partial charge in [0.2, 0.25) is 11.8 Å². The molecule has 2 heterocycles. The van der Waals surface area contributed by atoms with E-state index in [9.17, 15) is 9.59 Å². The van der Waals surface area contributed by atoms with Crippen molar-refractivity contribution in [3.05, 3.63) is 63.7 Å². The fourth-order valence-corrected chi connectivity index (χ4v) is 3.50. The van der Waals surface area contributed by atoms with E-state index >= 15 is 4.39 Å². The van der Waals surface area contributed by atoms with Gasteiger partial charge in [-0.3, -0.25) is 19.9 Å². The number of hydrogen-bond donors (Lipinski definition) is 3. The average molecular weight is 419 g/mol. The zero-order valence-electron chi connectivity index (χ0n) is 16.6. The molecular weight excluding hydrogens is 395 g/mol. The molecule has 1 aliphatic heterocycles. The van der Waals surface area contributed by atoms with Crippen molar-refractivity contribution < 1.29 is 14.0 Å². The SMILES string of the molecule is Cc1cncc(C2CC(=O)NC(c3c(Cl)ccc(CNC(=O)C(C)C)c3F)N2)c1. The molecule has 154 valence electrons. The highest BCUT2D eigenvalue weighted by molar-refractivity contribution is 6.31. The highest BCUT2D eigenvalue weighted by atomic mass is 35.5. The predicted molar refractivity (Wildman–Crippen MR) is 108 cm³/mol. The molecule has 1 aliphatic rings. The van der Waals surface area contributed by atoms with Crippen LogP contribution in [0, 0.1) is 18.7 Å². The van der Waals surface area contributed by atoms with E-state index in [2.05, 4.69) is 20.9 Å². The monoisotopic (exact) mass is 418 g/mol. The van der Waals surface area contributed by atoms with Crippen molar-refractivity contribution in [3.8, 4) is 0 Å². The van der Waals surface area contributed by atoms with E-state index in [1.165, 1.54) is 6.07 Å². The van der Waals surface area contributed by atoms with Crippen molar-refractivity contribution in [1.82, 2.24) is 20.9 Å². The quantitative estimate of drug-likeness (QED) is 0.695. The third-order valence-corrected chi connectivity index (χ3v) is 5.16. The first-order valence-corrected chi connectivity index (χ1v) is 9.85. The van der Waals surface area contributed by atoms with Crippen LogP contribution in [0.1, 0.15) is 54.7 Å². The molecule has 0 radical (unpaired) electrons. The average Bonchev–Trinajstić information content (AvgIpc) is 2.66. The van der Waals surface area contributed by atoms with E-state index in [-0.39, 0.29) is 47.3 Å². The second kappa shape index (κ2) is 8.88. The molecule has 0 aliphatic carbocycles. The van der Waals surface area contributed by atoms with Crippen molar-refractivity contribution in [2.45, 2.75) is 45.9 Å². The summed E-state index contributed by atoms with van der Waals surface area (Å²) in [7, 11) is 0. The van der Waals surface area contributed by atoms with E-state index in [1.807, 2.05) is 13.0 Å². The Morgan fingerprint density at radius 2 is 2.14 bits per heavy atom. The van der Waals surface area contributed by atoms with Crippen LogP contribution in [0.2, 0.25) is 5.02 Å². The van der Waals surface area contributed by atoms with Gasteiger partial charge >= 0.3 is 0 Å². The van der Waals surface area contributed by atoms with Crippen molar-refractivity contribution in [2.75, 3.05) is 0 Å². The number of nitrogens with one attached hydrogen (secondary N) is 3. The van der Waals surface area contributed by atoms with Crippen LogP contribution in [-0.4, -0.2) is 16.8 Å². The highest BCUT2D eigenvalue weighted by Crippen LogP contribution is 2.32. The molecule has 2 amide bonds. The minimum Gasteiger partial charge on any atom is -0.352 e. The molecule has 2 unspecified atom stereocenters. The first kappa shape index (κ1) is 21.2. The largest absolute Gasteiger partial charge is 0.352 e. The maximum absolute atomic E-state index is 15.3. The number of pyridine rings is 1. The van der Waals surface area contributed by atoms with E-state index in [4.69, 9.17) is 11.6 Å². The molecule has 3 rings (SSSR count). The fourth-order valence-electron chi connectivity index (χ4n) is 3.25. The zero-order valence-corrected chi connectivity index (χ0v) is 17.3. The molecule has 3 N–H and O–H groups in total. The predicted octanol–water partition coefficient (Wildman–Crippen LogP) is 3.30. The lowest BCUT2D eigenvalue weighted by atomic mass is 9.98. The number of rotatable bonds is 5. The molecule has 1 saturated heterocycles. The van der Waals surface area contributed by atoms with Crippen molar-refractivity contribution in [3.63, 3.8) is 0 Å². The smallest absolute Gasteiger partial charge is 0.223 e. The number of aryl methyl sites for hydroxylation is 1. The standard InChI is InChI=1S/C21H24ClFN4O2/c1-11(2)21(29)25-10-13-4-5-15(22)18(19(13)23)20-26-16(7-17(28)27-20)14-6-12(3)8-24-9-14/h4-6,8-9,11,16,20,26H,7,10H2,1-3H3,(H,25,29)(H,27,28). The van der Waals surface area contributed by atoms with E-state index < -0.39 is 12.0 Å². The van der Waals surface area contributed by atoms with Crippen molar-refractivity contribution >= 4 is 23.4 Å². The maximum Gasteiger partial charge on any atom is 0.223 e. The molecule has 1 fully saturated rings. The van der Waals surface area contributed by atoms with Crippen molar-refractivity contribution in [2.24, 2.45) is 5.92 Å². The van der Waals surface area contributed by atoms with Gasteiger partial charge in [0, 0.05) is 48.4 Å². The minimum absolute atomic E-state index is 0.0406. The van der Waals surface area contributed by atoms with E-state index in [0.717, 1.165) is 11.1 Å². The van der Waals surface area contributed by atoms with Gasteiger partial charge in [0.25, 0.3) is 0 Å². The topological polar surface area (TPSA) is 83.1 Å². The van der Waals surface area contributed by atoms with Crippen LogP contribution in [0.4, 0.5) is 4.39 Å². The van der Waals surface area contributed by atoms with Crippen LogP contribution in [0.15, 0.2) is 30.6 Å². The van der Waals surface area contributed by atoms with Crippen LogP contribution in [0.5, 0.6) is 0 Å². The lowest BCUT2D eigenvalue weighted by Gasteiger charge is -2.33. The van der Waals surface area contributed by atoms with E-state index in [0.29, 0.717) is 5.56 Å². The minimum atomic E-state index is -0.796. The molecular formula is C21H24ClFN4O2. The number of benzene rings is 1. The molecule has 2 aromatic rings. The van der Waals surface area contributed by atoms with Gasteiger partial charge in [0.05, 0.1) is 5.02 Å². The summed E-state index contributed by atoms with van der Waals surface area (Å²) in [5, 5.41) is 8.91. The Balaban J connectivity index is 1.87. The Morgan fingerprint density at radius 3 is 2.83 bits per heavy atom. The van der Waals surface area contributed by atoms with E-state index in [1.54, 1.807) is 32.3 Å². The summed E-state index contributed by atoms with van der Waals surface area (Å²) in [6.07, 6.45) is 2.84. The third kappa shape index (κ3) is 4.92. The van der Waals surface area contributed by atoms with Gasteiger partial charge in [-0.2, -0.15) is 0 Å². The molecule has 2 atom stereocenters. The first-order valence-electron chi connectivity index (χ1n) is 9.47. The number of carbonyl (C=O) groups is 2. The Kier molecular flexibility index (Phi) is 6.49. The lowest BCUT2D eigenvalue weighted by Crippen LogP contribution is -2.47.